The predicted molar refractivity (Wildman–Crippen MR) is 80.7 cm³/mol. The highest BCUT2D eigenvalue weighted by atomic mass is 35.5. The van der Waals surface area contributed by atoms with E-state index in [9.17, 15) is 4.39 Å². The van der Waals surface area contributed by atoms with Crippen LogP contribution >= 0.6 is 11.6 Å². The zero-order valence-electron chi connectivity index (χ0n) is 11.5. The van der Waals surface area contributed by atoms with E-state index in [2.05, 4.69) is 0 Å². The van der Waals surface area contributed by atoms with Crippen molar-refractivity contribution in [3.8, 4) is 11.5 Å². The van der Waals surface area contributed by atoms with Gasteiger partial charge in [-0.15, -0.1) is 11.6 Å². The lowest BCUT2D eigenvalue weighted by Crippen LogP contribution is -2.00. The van der Waals surface area contributed by atoms with Crippen molar-refractivity contribution in [2.45, 2.75) is 18.2 Å². The molecular weight excluding hydrogens is 291 g/mol. The smallest absolute Gasteiger partial charge is 0.161 e. The van der Waals surface area contributed by atoms with E-state index in [1.165, 1.54) is 6.07 Å². The van der Waals surface area contributed by atoms with Gasteiger partial charge in [-0.1, -0.05) is 24.3 Å². The molecule has 4 heteroatoms. The van der Waals surface area contributed by atoms with Gasteiger partial charge in [0, 0.05) is 6.42 Å². The van der Waals surface area contributed by atoms with E-state index in [1.54, 1.807) is 12.1 Å². The lowest BCUT2D eigenvalue weighted by atomic mass is 10.0. The Morgan fingerprint density at radius 1 is 1.05 bits per heavy atom. The number of hydrogen-bond acceptors (Lipinski definition) is 2. The van der Waals surface area contributed by atoms with Crippen LogP contribution in [0.3, 0.4) is 0 Å². The van der Waals surface area contributed by atoms with Crippen LogP contribution in [0.4, 0.5) is 4.39 Å². The number of fused-ring (bicyclic) bond motifs is 1. The molecule has 3 rings (SSSR count). The minimum Gasteiger partial charge on any atom is -0.490 e. The van der Waals surface area contributed by atoms with E-state index >= 15 is 0 Å². The van der Waals surface area contributed by atoms with E-state index in [1.807, 2.05) is 24.3 Å². The zero-order chi connectivity index (χ0) is 14.7. The second-order valence-corrected chi connectivity index (χ2v) is 5.55. The van der Waals surface area contributed by atoms with Crippen molar-refractivity contribution in [1.82, 2.24) is 0 Å². The Balaban J connectivity index is 1.80. The highest BCUT2D eigenvalue weighted by Gasteiger charge is 2.16. The van der Waals surface area contributed by atoms with Crippen molar-refractivity contribution in [3.63, 3.8) is 0 Å². The minimum atomic E-state index is -0.306. The van der Waals surface area contributed by atoms with Gasteiger partial charge >= 0.3 is 0 Å². The standard InChI is InChI=1S/C17H16ClFO2/c18-14(10-13-4-1-2-5-15(13)19)12-6-7-16-17(11-12)21-9-3-8-20-16/h1-2,4-7,11,14H,3,8-10H2. The number of halogens is 2. The molecule has 110 valence electrons. The first-order chi connectivity index (χ1) is 10.2. The highest BCUT2D eigenvalue weighted by Crippen LogP contribution is 2.35. The van der Waals surface area contributed by atoms with Crippen LogP contribution in [0.25, 0.3) is 0 Å². The maximum absolute atomic E-state index is 13.7. The topological polar surface area (TPSA) is 18.5 Å². The number of ether oxygens (including phenoxy) is 2. The van der Waals surface area contributed by atoms with Gasteiger partial charge in [0.05, 0.1) is 18.6 Å². The summed E-state index contributed by atoms with van der Waals surface area (Å²) in [5.41, 5.74) is 1.52. The summed E-state index contributed by atoms with van der Waals surface area (Å²) in [6.45, 7) is 1.29. The molecule has 0 bridgehead atoms. The third-order valence-electron chi connectivity index (χ3n) is 3.49. The maximum Gasteiger partial charge on any atom is 0.161 e. The molecule has 1 heterocycles. The largest absolute Gasteiger partial charge is 0.490 e. The van der Waals surface area contributed by atoms with Gasteiger partial charge in [-0.05, 0) is 35.7 Å². The summed E-state index contributed by atoms with van der Waals surface area (Å²) in [4.78, 5) is 0. The molecule has 0 N–H and O–H groups in total. The molecule has 1 aliphatic rings. The van der Waals surface area contributed by atoms with E-state index in [-0.39, 0.29) is 11.2 Å². The fourth-order valence-electron chi connectivity index (χ4n) is 2.35. The van der Waals surface area contributed by atoms with Gasteiger partial charge in [-0.2, -0.15) is 0 Å². The molecule has 0 saturated carbocycles. The number of hydrogen-bond donors (Lipinski definition) is 0. The van der Waals surface area contributed by atoms with E-state index in [4.69, 9.17) is 21.1 Å². The molecule has 1 atom stereocenters. The monoisotopic (exact) mass is 306 g/mol. The number of benzene rings is 2. The fraction of sp³-hybridized carbons (Fsp3) is 0.294. The summed E-state index contributed by atoms with van der Waals surface area (Å²) >= 11 is 6.43. The van der Waals surface area contributed by atoms with Gasteiger partial charge in [0.2, 0.25) is 0 Å². The highest BCUT2D eigenvalue weighted by molar-refractivity contribution is 6.21. The van der Waals surface area contributed by atoms with Crippen LogP contribution < -0.4 is 9.47 Å². The molecule has 0 aromatic heterocycles. The molecule has 0 saturated heterocycles. The molecule has 2 aromatic rings. The van der Waals surface area contributed by atoms with Gasteiger partial charge in [0.1, 0.15) is 5.82 Å². The normalized spacial score (nSPS) is 15.3. The molecule has 0 aliphatic carbocycles. The van der Waals surface area contributed by atoms with Crippen LogP contribution in [-0.4, -0.2) is 13.2 Å². The predicted octanol–water partition coefficient (Wildman–Crippen LogP) is 4.51. The second kappa shape index (κ2) is 6.35. The molecule has 2 nitrogen and oxygen atoms in total. The molecule has 2 aromatic carbocycles. The summed E-state index contributed by atoms with van der Waals surface area (Å²) in [6, 6.07) is 12.4. The Morgan fingerprint density at radius 3 is 2.62 bits per heavy atom. The molecule has 0 amide bonds. The van der Waals surface area contributed by atoms with Gasteiger partial charge in [0.15, 0.2) is 11.5 Å². The first-order valence-corrected chi connectivity index (χ1v) is 7.45. The fourth-order valence-corrected chi connectivity index (χ4v) is 2.65. The van der Waals surface area contributed by atoms with Gasteiger partial charge in [0.25, 0.3) is 0 Å². The Hall–Kier alpha value is -1.74. The molecule has 0 fully saturated rings. The minimum absolute atomic E-state index is 0.225. The van der Waals surface area contributed by atoms with Gasteiger partial charge < -0.3 is 9.47 Å². The summed E-state index contributed by atoms with van der Waals surface area (Å²) in [5.74, 6) is 1.23. The summed E-state index contributed by atoms with van der Waals surface area (Å²) in [7, 11) is 0. The Labute approximate surface area is 128 Å². The molecule has 1 unspecified atom stereocenters. The summed E-state index contributed by atoms with van der Waals surface area (Å²) in [6.07, 6.45) is 1.30. The average Bonchev–Trinajstić information content (AvgIpc) is 2.74. The second-order valence-electron chi connectivity index (χ2n) is 5.02. The maximum atomic E-state index is 13.7. The van der Waals surface area contributed by atoms with Gasteiger partial charge in [-0.25, -0.2) is 4.39 Å². The average molecular weight is 307 g/mol. The van der Waals surface area contributed by atoms with Crippen molar-refractivity contribution in [3.05, 3.63) is 59.4 Å². The van der Waals surface area contributed by atoms with Crippen LogP contribution in [0.15, 0.2) is 42.5 Å². The molecule has 0 spiro atoms. The Morgan fingerprint density at radius 2 is 1.81 bits per heavy atom. The van der Waals surface area contributed by atoms with E-state index in [0.29, 0.717) is 30.9 Å². The molecule has 0 radical (unpaired) electrons. The first-order valence-electron chi connectivity index (χ1n) is 7.01. The van der Waals surface area contributed by atoms with Crippen molar-refractivity contribution < 1.29 is 13.9 Å². The zero-order valence-corrected chi connectivity index (χ0v) is 12.3. The van der Waals surface area contributed by atoms with E-state index in [0.717, 1.165) is 17.7 Å². The van der Waals surface area contributed by atoms with Crippen molar-refractivity contribution >= 4 is 11.6 Å². The Kier molecular flexibility index (Phi) is 4.30. The van der Waals surface area contributed by atoms with Crippen LogP contribution in [0, 0.1) is 5.82 Å². The number of rotatable bonds is 3. The van der Waals surface area contributed by atoms with Gasteiger partial charge in [-0.3, -0.25) is 0 Å². The lowest BCUT2D eigenvalue weighted by Gasteiger charge is -2.14. The summed E-state index contributed by atoms with van der Waals surface area (Å²) < 4.78 is 24.9. The quantitative estimate of drug-likeness (QED) is 0.777. The summed E-state index contributed by atoms with van der Waals surface area (Å²) in [5, 5.41) is -0.306. The molecule has 1 aliphatic heterocycles. The van der Waals surface area contributed by atoms with E-state index < -0.39 is 0 Å². The third kappa shape index (κ3) is 3.30. The number of alkyl halides is 1. The van der Waals surface area contributed by atoms with Crippen LogP contribution in [0.5, 0.6) is 11.5 Å². The molecular formula is C17H16ClFO2. The Bertz CT molecular complexity index is 630. The van der Waals surface area contributed by atoms with Crippen molar-refractivity contribution in [1.29, 1.82) is 0 Å². The lowest BCUT2D eigenvalue weighted by molar-refractivity contribution is 0.297. The molecule has 21 heavy (non-hydrogen) atoms. The SMILES string of the molecule is Fc1ccccc1CC(Cl)c1ccc2c(c1)OCCCO2. The van der Waals surface area contributed by atoms with Crippen LogP contribution in [0.2, 0.25) is 0 Å². The third-order valence-corrected chi connectivity index (χ3v) is 3.90. The van der Waals surface area contributed by atoms with Crippen molar-refractivity contribution in [2.24, 2.45) is 0 Å². The van der Waals surface area contributed by atoms with Crippen LogP contribution in [-0.2, 0) is 6.42 Å². The first kappa shape index (κ1) is 14.2. The van der Waals surface area contributed by atoms with Crippen molar-refractivity contribution in [2.75, 3.05) is 13.2 Å². The van der Waals surface area contributed by atoms with Crippen LogP contribution in [0.1, 0.15) is 22.9 Å².